The Balaban J connectivity index is 0.000000317. The molecule has 0 bridgehead atoms. The van der Waals surface area contributed by atoms with Gasteiger partial charge in [-0.2, -0.15) is 4.98 Å². The van der Waals surface area contributed by atoms with Crippen LogP contribution in [0.5, 0.6) is 0 Å². The molecule has 202 valence electrons. The van der Waals surface area contributed by atoms with Crippen LogP contribution in [0, 0.1) is 0 Å². The first kappa shape index (κ1) is 30.8. The number of fused-ring (bicyclic) bond motifs is 2. The van der Waals surface area contributed by atoms with Gasteiger partial charge in [-0.15, -0.1) is 0 Å². The standard InChI is InChI=1S/C11H12N2O3S.C10H9NO3S.C2H5I.CH3F/c1-3-6-5-7(14)16-10-8(6)9(15)12-11(13-10)17-4-2;1-2-5-3-8(12)14-6-4-7(15)11-10(13)9(5)6;1-2-3;1-2/h5H,3-4H2,1-2H3,(H,12,13,15);3H,2,4H2,1H3,(H,11,13,15);2H2,1H3;1H3/i;;;1D. The molecule has 1 aliphatic rings. The molecule has 1 aliphatic heterocycles. The van der Waals surface area contributed by atoms with E-state index in [1.54, 1.807) is 0 Å². The minimum Gasteiger partial charge on any atom is -0.427 e. The van der Waals surface area contributed by atoms with Crippen molar-refractivity contribution in [3.05, 3.63) is 65.8 Å². The van der Waals surface area contributed by atoms with E-state index in [0.717, 1.165) is 5.75 Å². The number of nitrogens with one attached hydrogen (secondary N) is 2. The van der Waals surface area contributed by atoms with Gasteiger partial charge in [0.05, 0.1) is 25.5 Å². The highest BCUT2D eigenvalue weighted by atomic mass is 127. The van der Waals surface area contributed by atoms with Gasteiger partial charge in [0.2, 0.25) is 5.71 Å². The van der Waals surface area contributed by atoms with Gasteiger partial charge in [0.25, 0.3) is 11.5 Å². The fourth-order valence-electron chi connectivity index (χ4n) is 3.26. The number of alkyl halides is 2. The first-order valence-electron chi connectivity index (χ1n) is 11.9. The molecule has 37 heavy (non-hydrogen) atoms. The number of H-pyrrole nitrogens is 1. The van der Waals surface area contributed by atoms with Crippen LogP contribution in [0.25, 0.3) is 11.1 Å². The number of rotatable bonds is 4. The Kier molecular flexibility index (Phi) is 13.7. The van der Waals surface area contributed by atoms with Gasteiger partial charge in [-0.25, -0.2) is 9.59 Å². The summed E-state index contributed by atoms with van der Waals surface area (Å²) in [4.78, 5) is 53.2. The summed E-state index contributed by atoms with van der Waals surface area (Å²) in [5.74, 6) is 0.890. The molecule has 4 rings (SSSR count). The number of aromatic nitrogens is 2. The molecule has 0 fully saturated rings. The summed E-state index contributed by atoms with van der Waals surface area (Å²) in [5.41, 5.74) is 0.800. The third kappa shape index (κ3) is 9.14. The van der Waals surface area contributed by atoms with E-state index in [1.165, 1.54) is 28.3 Å². The highest BCUT2D eigenvalue weighted by molar-refractivity contribution is 14.1. The van der Waals surface area contributed by atoms with Crippen LogP contribution in [0.3, 0.4) is 0 Å². The molecule has 0 unspecified atom stereocenters. The number of carbonyl (C=O) groups is 1. The summed E-state index contributed by atoms with van der Waals surface area (Å²) < 4.78 is 26.7. The van der Waals surface area contributed by atoms with Crippen molar-refractivity contribution in [2.24, 2.45) is 0 Å². The van der Waals surface area contributed by atoms with Crippen molar-refractivity contribution in [1.29, 1.82) is 0 Å². The van der Waals surface area contributed by atoms with E-state index in [-0.39, 0.29) is 17.2 Å². The van der Waals surface area contributed by atoms with E-state index >= 15 is 0 Å². The SMILES string of the molecule is CCI.CCSc1nc2oc(=O)cc(CC)c2c(=O)[nH]1.CCc1cc(=O)oc2c1C(=O)NC(=S)C2.[2H]CF. The second kappa shape index (κ2) is 16.5. The largest absolute Gasteiger partial charge is 0.427 e. The van der Waals surface area contributed by atoms with Crippen LogP contribution in [0.15, 0.2) is 40.5 Å². The lowest BCUT2D eigenvalue weighted by molar-refractivity contribution is 0.0968. The Hall–Kier alpha value is -2.39. The molecule has 0 spiro atoms. The number of aryl methyl sites for hydroxylation is 2. The van der Waals surface area contributed by atoms with Crippen molar-refractivity contribution in [3.63, 3.8) is 0 Å². The second-order valence-electron chi connectivity index (χ2n) is 6.99. The van der Waals surface area contributed by atoms with E-state index in [0.29, 0.717) is 57.2 Å². The number of halogens is 2. The highest BCUT2D eigenvalue weighted by Gasteiger charge is 2.25. The van der Waals surface area contributed by atoms with Crippen LogP contribution >= 0.6 is 46.6 Å². The van der Waals surface area contributed by atoms with Gasteiger partial charge in [0.15, 0.2) is 5.16 Å². The normalized spacial score (nSPS) is 12.0. The fourth-order valence-corrected chi connectivity index (χ4v) is 4.07. The molecule has 0 aromatic carbocycles. The lowest BCUT2D eigenvalue weighted by Gasteiger charge is -2.17. The first-order chi connectivity index (χ1) is 18.1. The van der Waals surface area contributed by atoms with Gasteiger partial charge < -0.3 is 19.1 Å². The zero-order valence-corrected chi connectivity index (χ0v) is 24.7. The molecule has 9 nitrogen and oxygen atoms in total. The number of nitrogens with zero attached hydrogens (tertiary/aromatic N) is 1. The first-order valence-corrected chi connectivity index (χ1v) is 14.1. The van der Waals surface area contributed by atoms with Crippen LogP contribution in [-0.2, 0) is 19.3 Å². The summed E-state index contributed by atoms with van der Waals surface area (Å²) in [6.45, 7) is 7.83. The zero-order valence-electron chi connectivity index (χ0n) is 21.9. The van der Waals surface area contributed by atoms with E-state index < -0.39 is 18.4 Å². The summed E-state index contributed by atoms with van der Waals surface area (Å²) in [7, 11) is -1.00. The molecular formula is C24H29FIN3O6S2. The molecule has 0 saturated heterocycles. The fraction of sp³-hybridized carbons (Fsp3) is 0.417. The van der Waals surface area contributed by atoms with Crippen molar-refractivity contribution in [2.45, 2.75) is 52.1 Å². The minimum atomic E-state index is -1.00. The summed E-state index contributed by atoms with van der Waals surface area (Å²) in [5, 5.41) is 3.40. The smallest absolute Gasteiger partial charge is 0.337 e. The van der Waals surface area contributed by atoms with Gasteiger partial charge in [-0.3, -0.25) is 14.0 Å². The monoisotopic (exact) mass is 666 g/mol. The van der Waals surface area contributed by atoms with Gasteiger partial charge >= 0.3 is 11.3 Å². The molecule has 4 heterocycles. The Morgan fingerprint density at radius 1 is 1.11 bits per heavy atom. The third-order valence-electron chi connectivity index (χ3n) is 4.63. The molecule has 0 saturated carbocycles. The number of thiocarbonyl (C=S) groups is 1. The van der Waals surface area contributed by atoms with E-state index in [9.17, 15) is 23.6 Å². The summed E-state index contributed by atoms with van der Waals surface area (Å²) >= 11 is 8.57. The molecule has 0 aliphatic carbocycles. The van der Waals surface area contributed by atoms with Gasteiger partial charge in [-0.1, -0.05) is 74.3 Å². The maximum Gasteiger partial charge on any atom is 0.337 e. The van der Waals surface area contributed by atoms with E-state index in [2.05, 4.69) is 44.8 Å². The lowest BCUT2D eigenvalue weighted by Crippen LogP contribution is -2.37. The van der Waals surface area contributed by atoms with E-state index in [4.69, 9.17) is 22.4 Å². The van der Waals surface area contributed by atoms with E-state index in [1.807, 2.05) is 20.8 Å². The highest BCUT2D eigenvalue weighted by Crippen LogP contribution is 2.18. The second-order valence-corrected chi connectivity index (χ2v) is 10.3. The number of aromatic amines is 1. The van der Waals surface area contributed by atoms with Gasteiger partial charge in [0, 0.05) is 12.1 Å². The topological polar surface area (TPSA) is 135 Å². The Bertz CT molecular complexity index is 1430. The lowest BCUT2D eigenvalue weighted by atomic mass is 10.0. The van der Waals surface area contributed by atoms with Crippen molar-refractivity contribution in [3.8, 4) is 0 Å². The third-order valence-corrected chi connectivity index (χ3v) is 5.64. The molecule has 13 heteroatoms. The van der Waals surface area contributed by atoms with Crippen LogP contribution in [0.2, 0.25) is 0 Å². The van der Waals surface area contributed by atoms with Gasteiger partial charge in [0.1, 0.15) is 11.1 Å². The predicted molar refractivity (Wildman–Crippen MR) is 156 cm³/mol. The number of hydrogen-bond acceptors (Lipinski definition) is 9. The Labute approximate surface area is 237 Å². The Morgan fingerprint density at radius 3 is 2.24 bits per heavy atom. The van der Waals surface area contributed by atoms with Crippen molar-refractivity contribution in [2.75, 3.05) is 17.3 Å². The number of carbonyl (C=O) groups excluding carboxylic acids is 1. The van der Waals surface area contributed by atoms with Crippen LogP contribution < -0.4 is 22.1 Å². The molecule has 0 atom stereocenters. The molecule has 2 N–H and O–H groups in total. The zero-order chi connectivity index (χ0) is 28.8. The molecule has 0 radical (unpaired) electrons. The maximum atomic E-state index is 11.9. The van der Waals surface area contributed by atoms with Crippen LogP contribution in [0.1, 0.15) is 56.3 Å². The van der Waals surface area contributed by atoms with Crippen LogP contribution in [0.4, 0.5) is 4.39 Å². The quantitative estimate of drug-likeness (QED) is 0.137. The predicted octanol–water partition coefficient (Wildman–Crippen LogP) is 4.39. The maximum absolute atomic E-state index is 11.9. The number of hydrogen-bond donors (Lipinski definition) is 2. The molecule has 3 aromatic rings. The number of amides is 1. The van der Waals surface area contributed by atoms with Crippen molar-refractivity contribution < 1.29 is 19.4 Å². The summed E-state index contributed by atoms with van der Waals surface area (Å²) in [6, 6.07) is 2.69. The van der Waals surface area contributed by atoms with Crippen LogP contribution in [-0.4, -0.2) is 38.2 Å². The average Bonchev–Trinajstić information content (AvgIpc) is 2.83. The average molecular weight is 667 g/mol. The van der Waals surface area contributed by atoms with Gasteiger partial charge in [-0.05, 0) is 34.1 Å². The minimum absolute atomic E-state index is 0.119. The molecular weight excluding hydrogens is 636 g/mol. The summed E-state index contributed by atoms with van der Waals surface area (Å²) in [6.07, 6.45) is 1.53. The van der Waals surface area contributed by atoms with Crippen molar-refractivity contribution >= 4 is 68.6 Å². The Morgan fingerprint density at radius 2 is 1.68 bits per heavy atom. The molecule has 3 aromatic heterocycles. The van der Waals surface area contributed by atoms with Crippen molar-refractivity contribution in [1.82, 2.24) is 15.3 Å². The number of thioether (sulfide) groups is 1. The molecule has 1 amide bonds.